The van der Waals surface area contributed by atoms with E-state index in [1.807, 2.05) is 32.0 Å². The molecule has 0 fully saturated rings. The van der Waals surface area contributed by atoms with Crippen molar-refractivity contribution in [1.82, 2.24) is 0 Å². The van der Waals surface area contributed by atoms with Crippen LogP contribution in [-0.2, 0) is 0 Å². The van der Waals surface area contributed by atoms with Gasteiger partial charge < -0.3 is 5.32 Å². The number of ketones is 1. The van der Waals surface area contributed by atoms with E-state index in [-0.39, 0.29) is 11.7 Å². The van der Waals surface area contributed by atoms with E-state index in [0.29, 0.717) is 16.8 Å². The summed E-state index contributed by atoms with van der Waals surface area (Å²) in [7, 11) is 0. The minimum Gasteiger partial charge on any atom is -0.322 e. The second kappa shape index (κ2) is 5.70. The van der Waals surface area contributed by atoms with E-state index in [1.165, 1.54) is 6.92 Å². The molecular weight excluding hydrogens is 250 g/mol. The van der Waals surface area contributed by atoms with Crippen molar-refractivity contribution in [2.24, 2.45) is 0 Å². The summed E-state index contributed by atoms with van der Waals surface area (Å²) in [5.74, 6) is -0.190. The van der Waals surface area contributed by atoms with Gasteiger partial charge >= 0.3 is 0 Å². The Bertz CT molecular complexity index is 654. The van der Waals surface area contributed by atoms with Gasteiger partial charge in [0.15, 0.2) is 5.78 Å². The van der Waals surface area contributed by atoms with Gasteiger partial charge in [0.05, 0.1) is 0 Å². The first kappa shape index (κ1) is 14.0. The number of rotatable bonds is 3. The molecule has 0 bridgehead atoms. The molecule has 1 N–H and O–H groups in total. The van der Waals surface area contributed by atoms with Crippen LogP contribution in [0.3, 0.4) is 0 Å². The molecule has 0 unspecified atom stereocenters. The maximum atomic E-state index is 12.2. The molecule has 0 radical (unpaired) electrons. The summed E-state index contributed by atoms with van der Waals surface area (Å²) in [5, 5.41) is 2.82. The maximum absolute atomic E-state index is 12.2. The first-order valence-electron chi connectivity index (χ1n) is 6.46. The molecule has 3 nitrogen and oxygen atoms in total. The van der Waals surface area contributed by atoms with E-state index in [2.05, 4.69) is 5.32 Å². The molecule has 0 aliphatic carbocycles. The lowest BCUT2D eigenvalue weighted by molar-refractivity contribution is 0.101. The van der Waals surface area contributed by atoms with Crippen LogP contribution in [0, 0.1) is 13.8 Å². The summed E-state index contributed by atoms with van der Waals surface area (Å²) in [6.45, 7) is 5.42. The Morgan fingerprint density at radius 3 is 2.15 bits per heavy atom. The van der Waals surface area contributed by atoms with Crippen molar-refractivity contribution in [3.05, 3.63) is 64.7 Å². The molecule has 0 atom stereocenters. The van der Waals surface area contributed by atoms with Gasteiger partial charge in [0.25, 0.3) is 5.91 Å². The lowest BCUT2D eigenvalue weighted by atomic mass is 10.1. The molecule has 2 rings (SSSR count). The highest BCUT2D eigenvalue weighted by molar-refractivity contribution is 6.05. The number of hydrogen-bond donors (Lipinski definition) is 1. The SMILES string of the molecule is CC(=O)c1cccc(NC(=O)c2cc(C)cc(C)c2)c1. The summed E-state index contributed by atoms with van der Waals surface area (Å²) in [6.07, 6.45) is 0. The van der Waals surface area contributed by atoms with Crippen molar-refractivity contribution in [1.29, 1.82) is 0 Å². The van der Waals surface area contributed by atoms with E-state index in [9.17, 15) is 9.59 Å². The van der Waals surface area contributed by atoms with Crippen LogP contribution in [-0.4, -0.2) is 11.7 Å². The van der Waals surface area contributed by atoms with Crippen molar-refractivity contribution in [2.75, 3.05) is 5.32 Å². The molecule has 1 amide bonds. The van der Waals surface area contributed by atoms with Crippen LogP contribution >= 0.6 is 0 Å². The topological polar surface area (TPSA) is 46.2 Å². The highest BCUT2D eigenvalue weighted by atomic mass is 16.1. The summed E-state index contributed by atoms with van der Waals surface area (Å²) in [5.41, 5.74) is 3.93. The number of carbonyl (C=O) groups excluding carboxylic acids is 2. The molecule has 20 heavy (non-hydrogen) atoms. The zero-order chi connectivity index (χ0) is 14.7. The third-order valence-electron chi connectivity index (χ3n) is 3.01. The quantitative estimate of drug-likeness (QED) is 0.861. The molecule has 0 heterocycles. The highest BCUT2D eigenvalue weighted by Crippen LogP contribution is 2.14. The smallest absolute Gasteiger partial charge is 0.255 e. The van der Waals surface area contributed by atoms with Gasteiger partial charge in [0, 0.05) is 16.8 Å². The number of hydrogen-bond acceptors (Lipinski definition) is 2. The van der Waals surface area contributed by atoms with Crippen molar-refractivity contribution in [2.45, 2.75) is 20.8 Å². The van der Waals surface area contributed by atoms with Crippen molar-refractivity contribution >= 4 is 17.4 Å². The van der Waals surface area contributed by atoms with E-state index in [1.54, 1.807) is 24.3 Å². The van der Waals surface area contributed by atoms with Crippen LogP contribution in [0.25, 0.3) is 0 Å². The molecular formula is C17H17NO2. The third-order valence-corrected chi connectivity index (χ3v) is 3.01. The lowest BCUT2D eigenvalue weighted by Gasteiger charge is -2.08. The molecule has 0 saturated carbocycles. The van der Waals surface area contributed by atoms with Crippen LogP contribution < -0.4 is 5.32 Å². The number of aryl methyl sites for hydroxylation is 2. The second-order valence-electron chi connectivity index (χ2n) is 4.97. The minimum absolute atomic E-state index is 0.0208. The second-order valence-corrected chi connectivity index (χ2v) is 4.97. The fraction of sp³-hybridized carbons (Fsp3) is 0.176. The van der Waals surface area contributed by atoms with Crippen molar-refractivity contribution < 1.29 is 9.59 Å². The average Bonchev–Trinajstić information content (AvgIpc) is 2.37. The summed E-state index contributed by atoms with van der Waals surface area (Å²) >= 11 is 0. The van der Waals surface area contributed by atoms with Gasteiger partial charge in [0.2, 0.25) is 0 Å². The van der Waals surface area contributed by atoms with Crippen LogP contribution in [0.1, 0.15) is 38.8 Å². The van der Waals surface area contributed by atoms with E-state index >= 15 is 0 Å². The summed E-state index contributed by atoms with van der Waals surface area (Å²) in [4.78, 5) is 23.5. The third kappa shape index (κ3) is 3.32. The van der Waals surface area contributed by atoms with Crippen LogP contribution in [0.2, 0.25) is 0 Å². The first-order valence-corrected chi connectivity index (χ1v) is 6.46. The Hall–Kier alpha value is -2.42. The Balaban J connectivity index is 2.23. The minimum atomic E-state index is -0.169. The van der Waals surface area contributed by atoms with Gasteiger partial charge in [-0.05, 0) is 45.0 Å². The van der Waals surface area contributed by atoms with Gasteiger partial charge in [-0.1, -0.05) is 29.3 Å². The Morgan fingerprint density at radius 1 is 0.900 bits per heavy atom. The maximum Gasteiger partial charge on any atom is 0.255 e. The molecule has 2 aromatic carbocycles. The molecule has 0 aromatic heterocycles. The Morgan fingerprint density at radius 2 is 1.55 bits per heavy atom. The number of Topliss-reactive ketones (excluding diaryl/α,β-unsaturated/α-hetero) is 1. The summed E-state index contributed by atoms with van der Waals surface area (Å²) < 4.78 is 0. The molecule has 0 spiro atoms. The fourth-order valence-electron chi connectivity index (χ4n) is 2.12. The van der Waals surface area contributed by atoms with E-state index in [0.717, 1.165) is 11.1 Å². The number of nitrogens with one attached hydrogen (secondary N) is 1. The highest BCUT2D eigenvalue weighted by Gasteiger charge is 2.08. The van der Waals surface area contributed by atoms with Gasteiger partial charge in [0.1, 0.15) is 0 Å². The zero-order valence-corrected chi connectivity index (χ0v) is 11.9. The first-order chi connectivity index (χ1) is 9.45. The van der Waals surface area contributed by atoms with Crippen LogP contribution in [0.5, 0.6) is 0 Å². The monoisotopic (exact) mass is 267 g/mol. The molecule has 2 aromatic rings. The van der Waals surface area contributed by atoms with Gasteiger partial charge in [-0.25, -0.2) is 0 Å². The molecule has 0 saturated heterocycles. The molecule has 0 aliphatic heterocycles. The largest absolute Gasteiger partial charge is 0.322 e. The van der Waals surface area contributed by atoms with Gasteiger partial charge in [-0.2, -0.15) is 0 Å². The summed E-state index contributed by atoms with van der Waals surface area (Å²) in [6, 6.07) is 12.7. The number of amides is 1. The molecule has 3 heteroatoms. The normalized spacial score (nSPS) is 10.2. The number of carbonyl (C=O) groups is 2. The van der Waals surface area contributed by atoms with Gasteiger partial charge in [-0.15, -0.1) is 0 Å². The van der Waals surface area contributed by atoms with E-state index in [4.69, 9.17) is 0 Å². The van der Waals surface area contributed by atoms with Crippen LogP contribution in [0.15, 0.2) is 42.5 Å². The molecule has 0 aliphatic rings. The average molecular weight is 267 g/mol. The van der Waals surface area contributed by atoms with E-state index < -0.39 is 0 Å². The lowest BCUT2D eigenvalue weighted by Crippen LogP contribution is -2.12. The Kier molecular flexibility index (Phi) is 3.99. The predicted molar refractivity (Wildman–Crippen MR) is 80.3 cm³/mol. The fourth-order valence-corrected chi connectivity index (χ4v) is 2.12. The van der Waals surface area contributed by atoms with Crippen molar-refractivity contribution in [3.63, 3.8) is 0 Å². The number of anilines is 1. The standard InChI is InChI=1S/C17H17NO2/c1-11-7-12(2)9-15(8-11)17(20)18-16-6-4-5-14(10-16)13(3)19/h4-10H,1-3H3,(H,18,20). The molecule has 102 valence electrons. The predicted octanol–water partition coefficient (Wildman–Crippen LogP) is 3.76. The number of benzene rings is 2. The Labute approximate surface area is 118 Å². The van der Waals surface area contributed by atoms with Gasteiger partial charge in [-0.3, -0.25) is 9.59 Å². The van der Waals surface area contributed by atoms with Crippen LogP contribution in [0.4, 0.5) is 5.69 Å². The zero-order valence-electron chi connectivity index (χ0n) is 11.9. The van der Waals surface area contributed by atoms with Crippen molar-refractivity contribution in [3.8, 4) is 0 Å².